The number of likely N-dealkylation sites (N-methyl/N-ethyl adjacent to an activating group) is 1. The Bertz CT molecular complexity index is 2170. The predicted molar refractivity (Wildman–Crippen MR) is 296 cm³/mol. The van der Waals surface area contributed by atoms with Crippen molar-refractivity contribution >= 4 is 22.6 Å². The van der Waals surface area contributed by atoms with Crippen LogP contribution >= 0.6 is 0 Å². The number of benzene rings is 1. The molecule has 1 aromatic heterocycles. The zero-order valence-corrected chi connectivity index (χ0v) is 47.9. The van der Waals surface area contributed by atoms with Gasteiger partial charge in [0, 0.05) is 56.6 Å². The molecule has 1 saturated carbocycles. The summed E-state index contributed by atoms with van der Waals surface area (Å²) in [6, 6.07) is 9.79. The van der Waals surface area contributed by atoms with Crippen molar-refractivity contribution < 1.29 is 58.5 Å². The SMILES string of the molecule is CC[C@H]1OC(=O)C[C@@H](O)[C@H](C)[C@@H](O[C@@H]2O[C@H](C)[C@@H](O)[C@H](N(C)C)[C@@H]2O)[C@@H](CCN2CC(C)CC(C)C2)C[C@@H](C)C(=N/OCCCCc2ccc3ncccc3c2)/C=C/C(C)=C/C1CO[C@@H]1C[C@H](C)[C@@H](O)[C@@H](OC)[C@H]1OC. The molecule has 76 heavy (non-hydrogen) atoms. The molecule has 1 aliphatic carbocycles. The molecule has 16 heteroatoms. The van der Waals surface area contributed by atoms with Crippen molar-refractivity contribution in [1.82, 2.24) is 14.8 Å². The Kier molecular flexibility index (Phi) is 24.2. The Balaban J connectivity index is 1.34. The highest BCUT2D eigenvalue weighted by atomic mass is 16.7. The van der Waals surface area contributed by atoms with Crippen LogP contribution in [0.1, 0.15) is 112 Å². The van der Waals surface area contributed by atoms with Gasteiger partial charge in [-0.05, 0) is 139 Å². The Morgan fingerprint density at radius 3 is 2.32 bits per heavy atom. The molecule has 19 atom stereocenters. The number of pyridine rings is 1. The number of aromatic nitrogens is 1. The molecule has 428 valence electrons. The average molecular weight is 1070 g/mol. The van der Waals surface area contributed by atoms with Crippen LogP contribution in [-0.2, 0) is 44.5 Å². The van der Waals surface area contributed by atoms with E-state index in [1.807, 2.05) is 66.2 Å². The van der Waals surface area contributed by atoms with Gasteiger partial charge in [0.1, 0.15) is 31.0 Å². The zero-order chi connectivity index (χ0) is 55.2. The van der Waals surface area contributed by atoms with Gasteiger partial charge < -0.3 is 63.5 Å². The van der Waals surface area contributed by atoms with E-state index in [4.69, 9.17) is 38.4 Å². The van der Waals surface area contributed by atoms with E-state index < -0.39 is 91.2 Å². The fraction of sp³-hybridized carbons (Fsp3) is 0.750. The van der Waals surface area contributed by atoms with Gasteiger partial charge in [0.25, 0.3) is 0 Å². The molecular formula is C60H96N4O12. The molecule has 0 radical (unpaired) electrons. The third kappa shape index (κ3) is 16.8. The summed E-state index contributed by atoms with van der Waals surface area (Å²) in [6.07, 6.45) is 5.02. The van der Waals surface area contributed by atoms with Crippen molar-refractivity contribution in [2.75, 3.05) is 61.2 Å². The molecule has 0 amide bonds. The van der Waals surface area contributed by atoms with Crippen LogP contribution < -0.4 is 0 Å². The number of ether oxygens (including phenoxy) is 6. The van der Waals surface area contributed by atoms with E-state index in [2.05, 4.69) is 61.0 Å². The second-order valence-electron chi connectivity index (χ2n) is 23.4. The Labute approximate surface area is 454 Å². The van der Waals surface area contributed by atoms with Crippen LogP contribution in [0.5, 0.6) is 0 Å². The first-order valence-corrected chi connectivity index (χ1v) is 28.5. The van der Waals surface area contributed by atoms with Gasteiger partial charge in [0.15, 0.2) is 6.29 Å². The van der Waals surface area contributed by atoms with Crippen LogP contribution in [0, 0.1) is 41.4 Å². The Morgan fingerprint density at radius 2 is 1.62 bits per heavy atom. The van der Waals surface area contributed by atoms with Gasteiger partial charge in [-0.3, -0.25) is 9.78 Å². The number of hydrogen-bond donors (Lipinski definition) is 4. The number of hydrogen-bond acceptors (Lipinski definition) is 16. The highest BCUT2D eigenvalue weighted by Gasteiger charge is 2.48. The summed E-state index contributed by atoms with van der Waals surface area (Å²) < 4.78 is 38.0. The van der Waals surface area contributed by atoms with Gasteiger partial charge in [0.05, 0.1) is 66.9 Å². The standard InChI is InChI=1S/C60H96N4O12/c1-13-50-46(35-72-51-30-40(6)54(67)59(71-12)58(51)70-11)28-36(2)19-21-47(62-73-26-15-14-17-43-20-22-48-44(31-43)18-16-24-61-48)39(5)29-45(23-25-64-33-37(3)27-38(4)34-64)57(41(7)49(65)32-52(66)75-50)76-60-56(69)53(63(9)10)55(68)42(8)74-60/h16,18-22,24,28,31,37-42,45-46,49-51,53-60,65,67-69H,13-15,17,23,25-27,29-30,32-35H2,1-12H3/b21-19+,36-28+,62-47+/t37?,38?,39-,40+,41+,42-,45+,46?,49-,50-,51-,53+,54-,55-,56+,57-,58+,59-,60+/m1/s1. The maximum Gasteiger partial charge on any atom is 0.308 e. The van der Waals surface area contributed by atoms with Gasteiger partial charge in [-0.2, -0.15) is 0 Å². The number of aliphatic hydroxyl groups is 4. The van der Waals surface area contributed by atoms with Gasteiger partial charge in [-0.1, -0.05) is 76.6 Å². The minimum absolute atomic E-state index is 0.104. The molecule has 4 heterocycles. The first-order chi connectivity index (χ1) is 36.3. The third-order valence-corrected chi connectivity index (χ3v) is 16.8. The predicted octanol–water partition coefficient (Wildman–Crippen LogP) is 7.38. The number of fused-ring (bicyclic) bond motifs is 1. The Morgan fingerprint density at radius 1 is 0.882 bits per heavy atom. The van der Waals surface area contributed by atoms with E-state index in [1.165, 1.54) is 12.0 Å². The lowest BCUT2D eigenvalue weighted by atomic mass is 9.79. The number of carbonyl (C=O) groups is 1. The maximum atomic E-state index is 14.2. The molecule has 1 aromatic carbocycles. The van der Waals surface area contributed by atoms with Gasteiger partial charge >= 0.3 is 5.97 Å². The smallest absolute Gasteiger partial charge is 0.308 e. The molecule has 0 bridgehead atoms. The van der Waals surface area contributed by atoms with Crippen molar-refractivity contribution in [3.63, 3.8) is 0 Å². The summed E-state index contributed by atoms with van der Waals surface area (Å²) in [6.45, 7) is 19.8. The third-order valence-electron chi connectivity index (χ3n) is 16.8. The molecule has 4 aliphatic rings. The number of unbranched alkanes of at least 4 members (excludes halogenated alkanes) is 1. The molecule has 4 N–H and O–H groups in total. The second-order valence-corrected chi connectivity index (χ2v) is 23.4. The minimum atomic E-state index is -1.22. The maximum absolute atomic E-state index is 14.2. The largest absolute Gasteiger partial charge is 0.462 e. The second kappa shape index (κ2) is 29.7. The first kappa shape index (κ1) is 61.8. The lowest BCUT2D eigenvalue weighted by Gasteiger charge is -2.47. The van der Waals surface area contributed by atoms with Crippen molar-refractivity contribution in [2.45, 2.75) is 187 Å². The highest BCUT2D eigenvalue weighted by molar-refractivity contribution is 5.96. The van der Waals surface area contributed by atoms with Gasteiger partial charge in [-0.25, -0.2) is 0 Å². The average Bonchev–Trinajstić information content (AvgIpc) is 3.38. The number of methoxy groups -OCH3 is 2. The van der Waals surface area contributed by atoms with Crippen LogP contribution in [0.4, 0.5) is 0 Å². The lowest BCUT2D eigenvalue weighted by Crippen LogP contribution is -2.63. The number of aliphatic hydroxyl groups excluding tert-OH is 4. The first-order valence-electron chi connectivity index (χ1n) is 28.5. The monoisotopic (exact) mass is 1060 g/mol. The number of rotatable bonds is 18. The van der Waals surface area contributed by atoms with E-state index in [9.17, 15) is 25.2 Å². The molecule has 6 rings (SSSR count). The summed E-state index contributed by atoms with van der Waals surface area (Å²) in [5, 5.41) is 52.4. The van der Waals surface area contributed by atoms with E-state index >= 15 is 0 Å². The number of cyclic esters (lactones) is 1. The normalized spacial score (nSPS) is 38.4. The van der Waals surface area contributed by atoms with Gasteiger partial charge in [-0.15, -0.1) is 0 Å². The number of likely N-dealkylation sites (tertiary alicyclic amines) is 1. The number of esters is 1. The summed E-state index contributed by atoms with van der Waals surface area (Å²) >= 11 is 0. The number of piperidine rings is 1. The van der Waals surface area contributed by atoms with Crippen LogP contribution in [0.3, 0.4) is 0 Å². The van der Waals surface area contributed by atoms with E-state index in [0.717, 1.165) is 61.1 Å². The van der Waals surface area contributed by atoms with Crippen LogP contribution in [0.25, 0.3) is 10.9 Å². The van der Waals surface area contributed by atoms with Gasteiger partial charge in [0.2, 0.25) is 0 Å². The van der Waals surface area contributed by atoms with Crippen molar-refractivity contribution in [1.29, 1.82) is 0 Å². The number of nitrogens with zero attached hydrogens (tertiary/aromatic N) is 4. The van der Waals surface area contributed by atoms with E-state index in [-0.39, 0.29) is 30.8 Å². The van der Waals surface area contributed by atoms with Crippen LogP contribution in [-0.4, -0.2) is 181 Å². The van der Waals surface area contributed by atoms with Crippen LogP contribution in [0.15, 0.2) is 65.5 Å². The van der Waals surface area contributed by atoms with E-state index in [1.54, 1.807) is 26.0 Å². The molecule has 0 spiro atoms. The molecule has 3 fully saturated rings. The quantitative estimate of drug-likeness (QED) is 0.0656. The number of aryl methyl sites for hydroxylation is 1. The lowest BCUT2D eigenvalue weighted by molar-refractivity contribution is -0.304. The summed E-state index contributed by atoms with van der Waals surface area (Å²) in [7, 11) is 6.78. The summed E-state index contributed by atoms with van der Waals surface area (Å²) in [5.41, 5.74) is 3.88. The molecule has 2 saturated heterocycles. The van der Waals surface area contributed by atoms with Crippen molar-refractivity contribution in [3.8, 4) is 0 Å². The van der Waals surface area contributed by atoms with E-state index in [0.29, 0.717) is 44.1 Å². The van der Waals surface area contributed by atoms with Crippen molar-refractivity contribution in [3.05, 3.63) is 65.9 Å². The highest BCUT2D eigenvalue weighted by Crippen LogP contribution is 2.37. The molecule has 16 nitrogen and oxygen atoms in total. The number of allylic oxidation sites excluding steroid dienone is 3. The minimum Gasteiger partial charge on any atom is -0.462 e. The molecular weight excluding hydrogens is 969 g/mol. The topological polar surface area (TPSA) is 194 Å². The summed E-state index contributed by atoms with van der Waals surface area (Å²) in [5.74, 6) is -0.981. The summed E-state index contributed by atoms with van der Waals surface area (Å²) in [4.78, 5) is 29.2. The fourth-order valence-corrected chi connectivity index (χ4v) is 12.5. The fourth-order valence-electron chi connectivity index (χ4n) is 12.5. The Hall–Kier alpha value is -3.39. The number of oxime groups is 1. The molecule has 3 aliphatic heterocycles. The van der Waals surface area contributed by atoms with Crippen molar-refractivity contribution in [2.24, 2.45) is 46.6 Å². The van der Waals surface area contributed by atoms with Crippen LogP contribution in [0.2, 0.25) is 0 Å². The number of carbonyl (C=O) groups excluding carboxylic acids is 1. The molecule has 3 unspecified atom stereocenters. The zero-order valence-electron chi connectivity index (χ0n) is 47.9. The molecule has 2 aromatic rings.